The zero-order valence-electron chi connectivity index (χ0n) is 9.59. The van der Waals surface area contributed by atoms with Crippen molar-refractivity contribution in [2.24, 2.45) is 0 Å². The molecule has 0 heterocycles. The lowest BCUT2D eigenvalue weighted by molar-refractivity contribution is 0.402. The van der Waals surface area contributed by atoms with E-state index in [1.54, 1.807) is 0 Å². The fourth-order valence-corrected chi connectivity index (χ4v) is 1.57. The summed E-state index contributed by atoms with van der Waals surface area (Å²) in [6.45, 7) is 9.14. The summed E-state index contributed by atoms with van der Waals surface area (Å²) in [5.74, 6) is 0. The Hall–Kier alpha value is -1.08. The monoisotopic (exact) mass is 189 g/mol. The van der Waals surface area contributed by atoms with Crippen LogP contribution in [0.5, 0.6) is 0 Å². The van der Waals surface area contributed by atoms with E-state index in [2.05, 4.69) is 50.7 Å². The van der Waals surface area contributed by atoms with Crippen molar-refractivity contribution in [3.63, 3.8) is 0 Å². The van der Waals surface area contributed by atoms with Crippen molar-refractivity contribution in [2.45, 2.75) is 20.4 Å². The minimum atomic E-state index is 0.988. The molecule has 76 valence electrons. The van der Waals surface area contributed by atoms with Crippen LogP contribution in [0.3, 0.4) is 0 Å². The molecule has 1 nitrogen and oxygen atoms in total. The second-order valence-corrected chi connectivity index (χ2v) is 4.23. The van der Waals surface area contributed by atoms with Crippen LogP contribution in [0.4, 0.5) is 0 Å². The summed E-state index contributed by atoms with van der Waals surface area (Å²) in [5, 5.41) is 0. The van der Waals surface area contributed by atoms with Crippen molar-refractivity contribution < 1.29 is 0 Å². The maximum absolute atomic E-state index is 3.97. The second kappa shape index (κ2) is 4.43. The lowest BCUT2D eigenvalue weighted by atomic mass is 10.0. The number of hydrogen-bond acceptors (Lipinski definition) is 1. The van der Waals surface area contributed by atoms with Gasteiger partial charge < -0.3 is 4.90 Å². The average Bonchev–Trinajstić information content (AvgIpc) is 2.01. The molecule has 0 bridgehead atoms. The quantitative estimate of drug-likeness (QED) is 0.706. The molecule has 0 amide bonds. The standard InChI is InChI=1S/C13H19N/c1-10(2)13-7-11(3)6-12(8-13)9-14(4)5/h6-8H,1,9H2,2-5H3. The number of allylic oxidation sites excluding steroid dienone is 1. The molecule has 1 heteroatoms. The Balaban J connectivity index is 3.01. The molecule has 0 unspecified atom stereocenters. The molecule has 14 heavy (non-hydrogen) atoms. The summed E-state index contributed by atoms with van der Waals surface area (Å²) in [5.41, 5.74) is 5.05. The van der Waals surface area contributed by atoms with Crippen molar-refractivity contribution in [3.8, 4) is 0 Å². The summed E-state index contributed by atoms with van der Waals surface area (Å²) < 4.78 is 0. The Morgan fingerprint density at radius 3 is 2.43 bits per heavy atom. The molecule has 0 spiro atoms. The van der Waals surface area contributed by atoms with E-state index in [-0.39, 0.29) is 0 Å². The first-order valence-corrected chi connectivity index (χ1v) is 4.90. The van der Waals surface area contributed by atoms with E-state index in [9.17, 15) is 0 Å². The van der Waals surface area contributed by atoms with E-state index >= 15 is 0 Å². The van der Waals surface area contributed by atoms with E-state index in [4.69, 9.17) is 0 Å². The van der Waals surface area contributed by atoms with Gasteiger partial charge in [0, 0.05) is 6.54 Å². The fourth-order valence-electron chi connectivity index (χ4n) is 1.57. The molecule has 0 atom stereocenters. The van der Waals surface area contributed by atoms with Crippen LogP contribution in [0.2, 0.25) is 0 Å². The van der Waals surface area contributed by atoms with Gasteiger partial charge in [-0.3, -0.25) is 0 Å². The van der Waals surface area contributed by atoms with E-state index < -0.39 is 0 Å². The smallest absolute Gasteiger partial charge is 0.0227 e. The third-order valence-electron chi connectivity index (χ3n) is 2.13. The first-order chi connectivity index (χ1) is 6.49. The van der Waals surface area contributed by atoms with Gasteiger partial charge in [-0.25, -0.2) is 0 Å². The molecule has 0 radical (unpaired) electrons. The molecule has 0 N–H and O–H groups in total. The molecule has 1 aromatic rings. The predicted octanol–water partition coefficient (Wildman–Crippen LogP) is 3.09. The Morgan fingerprint density at radius 2 is 1.93 bits per heavy atom. The highest BCUT2D eigenvalue weighted by Gasteiger charge is 2.00. The Kier molecular flexibility index (Phi) is 3.48. The Morgan fingerprint density at radius 1 is 1.29 bits per heavy atom. The van der Waals surface area contributed by atoms with E-state index in [1.807, 2.05) is 6.92 Å². The summed E-state index contributed by atoms with van der Waals surface area (Å²) in [4.78, 5) is 2.18. The van der Waals surface area contributed by atoms with Crippen LogP contribution in [0, 0.1) is 6.92 Å². The molecular weight excluding hydrogens is 170 g/mol. The first-order valence-electron chi connectivity index (χ1n) is 4.90. The van der Waals surface area contributed by atoms with Crippen LogP contribution in [-0.4, -0.2) is 19.0 Å². The third-order valence-corrected chi connectivity index (χ3v) is 2.13. The van der Waals surface area contributed by atoms with Gasteiger partial charge in [-0.1, -0.05) is 35.9 Å². The number of benzene rings is 1. The topological polar surface area (TPSA) is 3.24 Å². The van der Waals surface area contributed by atoms with Gasteiger partial charge in [-0.2, -0.15) is 0 Å². The fraction of sp³-hybridized carbons (Fsp3) is 0.385. The van der Waals surface area contributed by atoms with Gasteiger partial charge in [-0.15, -0.1) is 0 Å². The van der Waals surface area contributed by atoms with Gasteiger partial charge in [-0.05, 0) is 39.1 Å². The highest BCUT2D eigenvalue weighted by atomic mass is 15.0. The van der Waals surface area contributed by atoms with Crippen LogP contribution >= 0.6 is 0 Å². The van der Waals surface area contributed by atoms with Crippen molar-refractivity contribution in [1.29, 1.82) is 0 Å². The van der Waals surface area contributed by atoms with Crippen LogP contribution in [0.25, 0.3) is 5.57 Å². The summed E-state index contributed by atoms with van der Waals surface area (Å²) in [7, 11) is 4.17. The van der Waals surface area contributed by atoms with Crippen LogP contribution in [-0.2, 0) is 6.54 Å². The molecule has 0 saturated carbocycles. The number of rotatable bonds is 3. The van der Waals surface area contributed by atoms with Gasteiger partial charge in [0.2, 0.25) is 0 Å². The normalized spacial score (nSPS) is 10.6. The largest absolute Gasteiger partial charge is 0.305 e. The molecule has 1 rings (SSSR count). The van der Waals surface area contributed by atoms with Gasteiger partial charge in [0.1, 0.15) is 0 Å². The zero-order chi connectivity index (χ0) is 10.7. The maximum Gasteiger partial charge on any atom is 0.0227 e. The molecule has 1 aromatic carbocycles. The molecular formula is C13H19N. The number of aryl methyl sites for hydroxylation is 1. The lowest BCUT2D eigenvalue weighted by Crippen LogP contribution is -2.10. The van der Waals surface area contributed by atoms with E-state index in [0.717, 1.165) is 12.1 Å². The van der Waals surface area contributed by atoms with Crippen LogP contribution < -0.4 is 0 Å². The van der Waals surface area contributed by atoms with Gasteiger partial charge >= 0.3 is 0 Å². The minimum Gasteiger partial charge on any atom is -0.305 e. The van der Waals surface area contributed by atoms with Crippen LogP contribution in [0.1, 0.15) is 23.6 Å². The Labute approximate surface area is 87.1 Å². The van der Waals surface area contributed by atoms with E-state index in [1.165, 1.54) is 16.7 Å². The highest BCUT2D eigenvalue weighted by Crippen LogP contribution is 2.17. The number of hydrogen-bond donors (Lipinski definition) is 0. The average molecular weight is 189 g/mol. The minimum absolute atomic E-state index is 0.988. The molecule has 0 aliphatic heterocycles. The summed E-state index contributed by atoms with van der Waals surface area (Å²) in [6.07, 6.45) is 0. The SMILES string of the molecule is C=C(C)c1cc(C)cc(CN(C)C)c1. The third kappa shape index (κ3) is 3.00. The number of nitrogens with zero attached hydrogens (tertiary/aromatic N) is 1. The van der Waals surface area contributed by atoms with Gasteiger partial charge in [0.05, 0.1) is 0 Å². The van der Waals surface area contributed by atoms with Gasteiger partial charge in [0.15, 0.2) is 0 Å². The lowest BCUT2D eigenvalue weighted by Gasteiger charge is -2.12. The van der Waals surface area contributed by atoms with Crippen molar-refractivity contribution in [1.82, 2.24) is 4.90 Å². The second-order valence-electron chi connectivity index (χ2n) is 4.23. The first kappa shape index (κ1) is 11.0. The molecule has 0 aromatic heterocycles. The highest BCUT2D eigenvalue weighted by molar-refractivity contribution is 5.62. The van der Waals surface area contributed by atoms with Crippen molar-refractivity contribution in [2.75, 3.05) is 14.1 Å². The summed E-state index contributed by atoms with van der Waals surface area (Å²) in [6, 6.07) is 6.63. The van der Waals surface area contributed by atoms with Crippen LogP contribution in [0.15, 0.2) is 24.8 Å². The van der Waals surface area contributed by atoms with E-state index in [0.29, 0.717) is 0 Å². The molecule has 0 saturated heterocycles. The molecule has 0 fully saturated rings. The molecule has 0 aliphatic rings. The van der Waals surface area contributed by atoms with Crippen molar-refractivity contribution in [3.05, 3.63) is 41.5 Å². The Bertz CT molecular complexity index is 337. The van der Waals surface area contributed by atoms with Gasteiger partial charge in [0.25, 0.3) is 0 Å². The zero-order valence-corrected chi connectivity index (χ0v) is 9.59. The molecule has 0 aliphatic carbocycles. The summed E-state index contributed by atoms with van der Waals surface area (Å²) >= 11 is 0. The van der Waals surface area contributed by atoms with Crippen molar-refractivity contribution >= 4 is 5.57 Å². The predicted molar refractivity (Wildman–Crippen MR) is 63.3 cm³/mol. The maximum atomic E-state index is 3.97.